The molecule has 0 saturated heterocycles. The first-order valence-corrected chi connectivity index (χ1v) is 10.6. The molecule has 0 aliphatic carbocycles. The number of fused-ring (bicyclic) bond motifs is 1. The SMILES string of the molecule is Cc1cccc(-c2ccc(CN3CCc4nc(C(C)(C)C)[nH]c(=O)c4C3)cn2)c1C. The van der Waals surface area contributed by atoms with Gasteiger partial charge in [-0.3, -0.25) is 14.7 Å². The summed E-state index contributed by atoms with van der Waals surface area (Å²) in [6, 6.07) is 10.6. The Morgan fingerprint density at radius 1 is 1.13 bits per heavy atom. The van der Waals surface area contributed by atoms with Gasteiger partial charge in [0.05, 0.1) is 17.0 Å². The van der Waals surface area contributed by atoms with Gasteiger partial charge in [0.2, 0.25) is 0 Å². The smallest absolute Gasteiger partial charge is 0.255 e. The van der Waals surface area contributed by atoms with Gasteiger partial charge in [-0.2, -0.15) is 0 Å². The average Bonchev–Trinajstić information content (AvgIpc) is 2.70. The third-order valence-corrected chi connectivity index (χ3v) is 5.97. The van der Waals surface area contributed by atoms with E-state index in [1.165, 1.54) is 16.7 Å². The third kappa shape index (κ3) is 4.08. The van der Waals surface area contributed by atoms with Crippen molar-refractivity contribution in [2.24, 2.45) is 0 Å². The van der Waals surface area contributed by atoms with Crippen molar-refractivity contribution >= 4 is 0 Å². The van der Waals surface area contributed by atoms with Crippen LogP contribution in [0.25, 0.3) is 11.3 Å². The van der Waals surface area contributed by atoms with Gasteiger partial charge in [-0.05, 0) is 36.6 Å². The highest BCUT2D eigenvalue weighted by molar-refractivity contribution is 5.64. The molecule has 30 heavy (non-hydrogen) atoms. The van der Waals surface area contributed by atoms with Crippen molar-refractivity contribution in [1.29, 1.82) is 0 Å². The summed E-state index contributed by atoms with van der Waals surface area (Å²) in [6.45, 7) is 12.8. The Hall–Kier alpha value is -2.79. The topological polar surface area (TPSA) is 61.9 Å². The molecule has 0 spiro atoms. The fourth-order valence-corrected chi connectivity index (χ4v) is 3.94. The zero-order valence-electron chi connectivity index (χ0n) is 18.5. The van der Waals surface area contributed by atoms with Crippen LogP contribution in [-0.4, -0.2) is 26.4 Å². The first-order valence-electron chi connectivity index (χ1n) is 10.6. The number of hydrogen-bond donors (Lipinski definition) is 1. The molecule has 4 rings (SSSR count). The van der Waals surface area contributed by atoms with Crippen LogP contribution in [-0.2, 0) is 24.9 Å². The summed E-state index contributed by atoms with van der Waals surface area (Å²) >= 11 is 0. The molecular weight excluding hydrogens is 372 g/mol. The van der Waals surface area contributed by atoms with Gasteiger partial charge in [-0.15, -0.1) is 0 Å². The lowest BCUT2D eigenvalue weighted by Gasteiger charge is -2.29. The van der Waals surface area contributed by atoms with Crippen LogP contribution in [0.5, 0.6) is 0 Å². The highest BCUT2D eigenvalue weighted by Gasteiger charge is 2.24. The maximum Gasteiger partial charge on any atom is 0.255 e. The minimum atomic E-state index is -0.158. The first kappa shape index (κ1) is 20.5. The molecule has 1 aliphatic heterocycles. The number of nitrogens with one attached hydrogen (secondary N) is 1. The molecule has 0 atom stereocenters. The second kappa shape index (κ2) is 7.80. The molecule has 0 radical (unpaired) electrons. The van der Waals surface area contributed by atoms with E-state index in [-0.39, 0.29) is 11.0 Å². The zero-order valence-corrected chi connectivity index (χ0v) is 18.5. The van der Waals surface area contributed by atoms with Gasteiger partial charge in [0, 0.05) is 43.2 Å². The van der Waals surface area contributed by atoms with E-state index in [1.807, 2.05) is 6.20 Å². The standard InChI is InChI=1S/C25H30N4O/c1-16-7-6-8-19(17(16)2)21-10-9-18(13-26-21)14-29-12-11-22-20(15-29)23(30)28-24(27-22)25(3,4)5/h6-10,13H,11-12,14-15H2,1-5H3,(H,27,28,30). The van der Waals surface area contributed by atoms with Crippen molar-refractivity contribution in [3.8, 4) is 11.3 Å². The maximum absolute atomic E-state index is 12.7. The fraction of sp³-hybridized carbons (Fsp3) is 0.400. The van der Waals surface area contributed by atoms with Crippen LogP contribution in [0.1, 0.15) is 54.5 Å². The molecule has 0 bridgehead atoms. The largest absolute Gasteiger partial charge is 0.310 e. The summed E-state index contributed by atoms with van der Waals surface area (Å²) < 4.78 is 0. The van der Waals surface area contributed by atoms with E-state index in [4.69, 9.17) is 9.97 Å². The number of aromatic nitrogens is 3. The van der Waals surface area contributed by atoms with Crippen molar-refractivity contribution in [1.82, 2.24) is 19.9 Å². The van der Waals surface area contributed by atoms with E-state index in [0.717, 1.165) is 47.8 Å². The normalized spacial score (nSPS) is 14.6. The molecule has 5 nitrogen and oxygen atoms in total. The Bertz CT molecular complexity index is 1120. The maximum atomic E-state index is 12.7. The number of aromatic amines is 1. The molecule has 0 amide bonds. The lowest BCUT2D eigenvalue weighted by atomic mass is 9.95. The molecule has 2 aromatic heterocycles. The predicted octanol–water partition coefficient (Wildman–Crippen LogP) is 4.30. The molecule has 5 heteroatoms. The van der Waals surface area contributed by atoms with Crippen LogP contribution in [0.3, 0.4) is 0 Å². The molecule has 0 saturated carbocycles. The highest BCUT2D eigenvalue weighted by atomic mass is 16.1. The van der Waals surface area contributed by atoms with Gasteiger partial charge < -0.3 is 4.98 Å². The van der Waals surface area contributed by atoms with E-state index < -0.39 is 0 Å². The van der Waals surface area contributed by atoms with Gasteiger partial charge >= 0.3 is 0 Å². The number of hydrogen-bond acceptors (Lipinski definition) is 4. The van der Waals surface area contributed by atoms with E-state index in [0.29, 0.717) is 6.54 Å². The van der Waals surface area contributed by atoms with Gasteiger partial charge in [-0.25, -0.2) is 4.98 Å². The quantitative estimate of drug-likeness (QED) is 0.709. The number of aryl methyl sites for hydroxylation is 1. The Kier molecular flexibility index (Phi) is 5.33. The van der Waals surface area contributed by atoms with Gasteiger partial charge in [0.25, 0.3) is 5.56 Å². The van der Waals surface area contributed by atoms with Gasteiger partial charge in [0.15, 0.2) is 0 Å². The lowest BCUT2D eigenvalue weighted by Crippen LogP contribution is -2.37. The highest BCUT2D eigenvalue weighted by Crippen LogP contribution is 2.25. The Morgan fingerprint density at radius 2 is 1.93 bits per heavy atom. The summed E-state index contributed by atoms with van der Waals surface area (Å²) in [4.78, 5) is 27.4. The second-order valence-corrected chi connectivity index (χ2v) is 9.35. The first-order chi connectivity index (χ1) is 14.2. The van der Waals surface area contributed by atoms with E-state index >= 15 is 0 Å². The van der Waals surface area contributed by atoms with Gasteiger partial charge in [-0.1, -0.05) is 45.0 Å². The zero-order chi connectivity index (χ0) is 21.5. The summed E-state index contributed by atoms with van der Waals surface area (Å²) in [5.41, 5.74) is 7.47. The van der Waals surface area contributed by atoms with Crippen molar-refractivity contribution in [3.05, 3.63) is 80.7 Å². The van der Waals surface area contributed by atoms with Crippen LogP contribution < -0.4 is 5.56 Å². The van der Waals surface area contributed by atoms with Crippen molar-refractivity contribution in [2.75, 3.05) is 6.54 Å². The minimum absolute atomic E-state index is 0.00183. The summed E-state index contributed by atoms with van der Waals surface area (Å²) in [5, 5.41) is 0. The van der Waals surface area contributed by atoms with Crippen LogP contribution in [0.15, 0.2) is 41.3 Å². The van der Waals surface area contributed by atoms with E-state index in [1.54, 1.807) is 0 Å². The minimum Gasteiger partial charge on any atom is -0.310 e. The molecular formula is C25H30N4O. The average molecular weight is 403 g/mol. The number of pyridine rings is 1. The molecule has 3 aromatic rings. The summed E-state index contributed by atoms with van der Waals surface area (Å²) in [6.07, 6.45) is 2.76. The molecule has 1 N–H and O–H groups in total. The monoisotopic (exact) mass is 402 g/mol. The molecule has 156 valence electrons. The number of H-pyrrole nitrogens is 1. The summed E-state index contributed by atoms with van der Waals surface area (Å²) in [5.74, 6) is 0.769. The van der Waals surface area contributed by atoms with E-state index in [9.17, 15) is 4.79 Å². The van der Waals surface area contributed by atoms with Crippen molar-refractivity contribution in [3.63, 3.8) is 0 Å². The summed E-state index contributed by atoms with van der Waals surface area (Å²) in [7, 11) is 0. The Labute approximate surface area is 178 Å². The number of rotatable bonds is 3. The molecule has 0 fully saturated rings. The van der Waals surface area contributed by atoms with Crippen molar-refractivity contribution in [2.45, 2.75) is 59.5 Å². The number of benzene rings is 1. The molecule has 1 aromatic carbocycles. The predicted molar refractivity (Wildman–Crippen MR) is 121 cm³/mol. The van der Waals surface area contributed by atoms with Crippen LogP contribution in [0.2, 0.25) is 0 Å². The number of nitrogens with zero attached hydrogens (tertiary/aromatic N) is 3. The third-order valence-electron chi connectivity index (χ3n) is 5.97. The lowest BCUT2D eigenvalue weighted by molar-refractivity contribution is 0.240. The van der Waals surface area contributed by atoms with Gasteiger partial charge in [0.1, 0.15) is 5.82 Å². The van der Waals surface area contributed by atoms with Crippen molar-refractivity contribution < 1.29 is 0 Å². The molecule has 0 unspecified atom stereocenters. The van der Waals surface area contributed by atoms with E-state index in [2.05, 4.69) is 74.8 Å². The van der Waals surface area contributed by atoms with Crippen LogP contribution in [0, 0.1) is 13.8 Å². The molecule has 1 aliphatic rings. The van der Waals surface area contributed by atoms with Crippen LogP contribution >= 0.6 is 0 Å². The molecule has 3 heterocycles. The fourth-order valence-electron chi connectivity index (χ4n) is 3.94. The second-order valence-electron chi connectivity index (χ2n) is 9.35. The Morgan fingerprint density at radius 3 is 2.63 bits per heavy atom. The van der Waals surface area contributed by atoms with Crippen LogP contribution in [0.4, 0.5) is 0 Å². The Balaban J connectivity index is 1.50.